The predicted molar refractivity (Wildman–Crippen MR) is 93.5 cm³/mol. The summed E-state index contributed by atoms with van der Waals surface area (Å²) in [5.41, 5.74) is -1.40. The van der Waals surface area contributed by atoms with E-state index in [2.05, 4.69) is 6.92 Å². The zero-order valence-corrected chi connectivity index (χ0v) is 14.8. The molecule has 2 N–H and O–H groups in total. The molecule has 1 aromatic carbocycles. The van der Waals surface area contributed by atoms with E-state index in [1.54, 1.807) is 0 Å². The first-order chi connectivity index (χ1) is 11.0. The Labute approximate surface area is 143 Å². The lowest BCUT2D eigenvalue weighted by Crippen LogP contribution is -2.45. The normalized spacial score (nSPS) is 15.0. The quantitative estimate of drug-likeness (QED) is 0.367. The van der Waals surface area contributed by atoms with Crippen LogP contribution in [0.4, 0.5) is 0 Å². The van der Waals surface area contributed by atoms with Crippen molar-refractivity contribution in [2.45, 2.75) is 62.6 Å². The molecule has 1 aromatic rings. The molecule has 0 amide bonds. The molecule has 0 bridgehead atoms. The largest absolute Gasteiger partial charge is 0.459 e. The van der Waals surface area contributed by atoms with Crippen molar-refractivity contribution in [2.24, 2.45) is 0 Å². The molecule has 0 aliphatic carbocycles. The fourth-order valence-corrected chi connectivity index (χ4v) is 2.91. The van der Waals surface area contributed by atoms with Gasteiger partial charge in [-0.2, -0.15) is 0 Å². The smallest absolute Gasteiger partial charge is 0.316 e. The summed E-state index contributed by atoms with van der Waals surface area (Å²) in [5.74, 6) is -0.176. The van der Waals surface area contributed by atoms with Gasteiger partial charge in [-0.3, -0.25) is 4.79 Å². The zero-order chi connectivity index (χ0) is 17.1. The highest BCUT2D eigenvalue weighted by molar-refractivity contribution is 8.00. The Balaban J connectivity index is 2.49. The number of rotatable bonds is 11. The monoisotopic (exact) mass is 340 g/mol. The van der Waals surface area contributed by atoms with Crippen molar-refractivity contribution < 1.29 is 19.7 Å². The lowest BCUT2D eigenvalue weighted by atomic mass is 9.95. The Morgan fingerprint density at radius 3 is 2.57 bits per heavy atom. The van der Waals surface area contributed by atoms with Gasteiger partial charge >= 0.3 is 5.97 Å². The fourth-order valence-electron chi connectivity index (χ4n) is 2.21. The first kappa shape index (κ1) is 20.0. The average molecular weight is 340 g/mol. The van der Waals surface area contributed by atoms with E-state index in [0.717, 1.165) is 30.6 Å². The van der Waals surface area contributed by atoms with E-state index in [9.17, 15) is 15.0 Å². The molecule has 2 atom stereocenters. The van der Waals surface area contributed by atoms with E-state index >= 15 is 0 Å². The van der Waals surface area contributed by atoms with Crippen LogP contribution in [0.15, 0.2) is 35.2 Å². The van der Waals surface area contributed by atoms with Gasteiger partial charge in [-0.15, -0.1) is 11.8 Å². The number of esters is 1. The molecule has 23 heavy (non-hydrogen) atoms. The first-order valence-electron chi connectivity index (χ1n) is 8.20. The van der Waals surface area contributed by atoms with Crippen LogP contribution < -0.4 is 0 Å². The minimum Gasteiger partial charge on any atom is -0.459 e. The topological polar surface area (TPSA) is 66.8 Å². The van der Waals surface area contributed by atoms with E-state index in [4.69, 9.17) is 4.74 Å². The van der Waals surface area contributed by atoms with Crippen LogP contribution in [0.1, 0.15) is 46.0 Å². The summed E-state index contributed by atoms with van der Waals surface area (Å²) in [6.45, 7) is 3.21. The lowest BCUT2D eigenvalue weighted by molar-refractivity contribution is -0.166. The molecule has 0 saturated carbocycles. The van der Waals surface area contributed by atoms with Gasteiger partial charge in [-0.1, -0.05) is 44.4 Å². The number of unbranched alkanes of at least 4 members (excludes halogenated alkanes) is 3. The Bertz CT molecular complexity index is 448. The average Bonchev–Trinajstić information content (AvgIpc) is 2.56. The van der Waals surface area contributed by atoms with Gasteiger partial charge in [0.15, 0.2) is 0 Å². The molecule has 0 spiro atoms. The molecule has 0 radical (unpaired) electrons. The SMILES string of the molecule is CCCCCC[C@@H](OC(=O)CSc1ccccc1)[C@@](C)(O)CO. The summed E-state index contributed by atoms with van der Waals surface area (Å²) in [6.07, 6.45) is 4.03. The third-order valence-corrected chi connectivity index (χ3v) is 4.69. The highest BCUT2D eigenvalue weighted by atomic mass is 32.2. The second kappa shape index (κ2) is 10.7. The summed E-state index contributed by atoms with van der Waals surface area (Å²) in [7, 11) is 0. The Hall–Kier alpha value is -1.04. The zero-order valence-electron chi connectivity index (χ0n) is 14.0. The van der Waals surface area contributed by atoms with Crippen LogP contribution in [0.25, 0.3) is 0 Å². The summed E-state index contributed by atoms with van der Waals surface area (Å²) < 4.78 is 5.44. The fraction of sp³-hybridized carbons (Fsp3) is 0.611. The number of thioether (sulfide) groups is 1. The van der Waals surface area contributed by atoms with Crippen molar-refractivity contribution >= 4 is 17.7 Å². The Morgan fingerprint density at radius 1 is 1.26 bits per heavy atom. The number of aliphatic hydroxyl groups is 2. The standard InChI is InChI=1S/C18H28O4S/c1-3-4-5-9-12-16(18(2,21)14-19)22-17(20)13-23-15-10-7-6-8-11-15/h6-8,10-11,16,19,21H,3-5,9,12-14H2,1-2H3/t16-,18+/m1/s1. The molecule has 5 heteroatoms. The summed E-state index contributed by atoms with van der Waals surface area (Å²) in [4.78, 5) is 13.0. The molecule has 0 aliphatic rings. The number of carbonyl (C=O) groups excluding carboxylic acids is 1. The number of hydrogen-bond donors (Lipinski definition) is 2. The van der Waals surface area contributed by atoms with E-state index in [1.165, 1.54) is 18.7 Å². The van der Waals surface area contributed by atoms with Crippen molar-refractivity contribution in [2.75, 3.05) is 12.4 Å². The highest BCUT2D eigenvalue weighted by Gasteiger charge is 2.34. The van der Waals surface area contributed by atoms with Crippen LogP contribution in [0, 0.1) is 0 Å². The Morgan fingerprint density at radius 2 is 1.96 bits per heavy atom. The number of aliphatic hydroxyl groups excluding tert-OH is 1. The van der Waals surface area contributed by atoms with Gasteiger partial charge in [0.05, 0.1) is 12.4 Å². The van der Waals surface area contributed by atoms with E-state index in [1.807, 2.05) is 30.3 Å². The lowest BCUT2D eigenvalue weighted by Gasteiger charge is -2.30. The van der Waals surface area contributed by atoms with Crippen LogP contribution >= 0.6 is 11.8 Å². The predicted octanol–water partition coefficient (Wildman–Crippen LogP) is 3.40. The van der Waals surface area contributed by atoms with Gasteiger partial charge in [0.2, 0.25) is 0 Å². The van der Waals surface area contributed by atoms with Crippen molar-refractivity contribution in [1.82, 2.24) is 0 Å². The maximum absolute atomic E-state index is 12.0. The van der Waals surface area contributed by atoms with Crippen molar-refractivity contribution in [1.29, 1.82) is 0 Å². The Kier molecular flexibility index (Phi) is 9.29. The van der Waals surface area contributed by atoms with Crippen LogP contribution in [0.2, 0.25) is 0 Å². The van der Waals surface area contributed by atoms with Crippen LogP contribution in [-0.4, -0.2) is 40.2 Å². The highest BCUT2D eigenvalue weighted by Crippen LogP contribution is 2.22. The first-order valence-corrected chi connectivity index (χ1v) is 9.18. The molecule has 130 valence electrons. The van der Waals surface area contributed by atoms with E-state index in [-0.39, 0.29) is 11.7 Å². The van der Waals surface area contributed by atoms with Crippen molar-refractivity contribution in [3.05, 3.63) is 30.3 Å². The second-order valence-electron chi connectivity index (χ2n) is 5.94. The van der Waals surface area contributed by atoms with Gasteiger partial charge in [-0.05, 0) is 31.9 Å². The summed E-state index contributed by atoms with van der Waals surface area (Å²) >= 11 is 1.40. The molecule has 0 heterocycles. The summed E-state index contributed by atoms with van der Waals surface area (Å²) in [6, 6.07) is 9.63. The van der Waals surface area contributed by atoms with Gasteiger partial charge in [0.1, 0.15) is 11.7 Å². The molecular formula is C18H28O4S. The second-order valence-corrected chi connectivity index (χ2v) is 6.99. The van der Waals surface area contributed by atoms with Gasteiger partial charge in [0, 0.05) is 4.90 Å². The third kappa shape index (κ3) is 7.86. The molecule has 0 saturated heterocycles. The number of hydrogen-bond acceptors (Lipinski definition) is 5. The minimum absolute atomic E-state index is 0.191. The molecule has 1 rings (SSSR count). The number of ether oxygens (including phenoxy) is 1. The van der Waals surface area contributed by atoms with E-state index < -0.39 is 18.3 Å². The number of carbonyl (C=O) groups is 1. The molecular weight excluding hydrogens is 312 g/mol. The van der Waals surface area contributed by atoms with Gasteiger partial charge in [-0.25, -0.2) is 0 Å². The maximum Gasteiger partial charge on any atom is 0.316 e. The molecule has 0 aliphatic heterocycles. The van der Waals surface area contributed by atoms with E-state index in [0.29, 0.717) is 6.42 Å². The third-order valence-electron chi connectivity index (χ3n) is 3.71. The molecule has 0 fully saturated rings. The van der Waals surface area contributed by atoms with Crippen LogP contribution in [-0.2, 0) is 9.53 Å². The molecule has 0 aromatic heterocycles. The minimum atomic E-state index is -1.40. The van der Waals surface area contributed by atoms with Crippen LogP contribution in [0.3, 0.4) is 0 Å². The summed E-state index contributed by atoms with van der Waals surface area (Å²) in [5, 5.41) is 19.6. The molecule has 4 nitrogen and oxygen atoms in total. The van der Waals surface area contributed by atoms with Gasteiger partial charge in [0.25, 0.3) is 0 Å². The van der Waals surface area contributed by atoms with Crippen molar-refractivity contribution in [3.8, 4) is 0 Å². The molecule has 0 unspecified atom stereocenters. The van der Waals surface area contributed by atoms with Crippen molar-refractivity contribution in [3.63, 3.8) is 0 Å². The maximum atomic E-state index is 12.0. The van der Waals surface area contributed by atoms with Crippen LogP contribution in [0.5, 0.6) is 0 Å². The van der Waals surface area contributed by atoms with Gasteiger partial charge < -0.3 is 14.9 Å². The number of benzene rings is 1.